The Labute approximate surface area is 362 Å². The van der Waals surface area contributed by atoms with Crippen molar-refractivity contribution in [3.8, 4) is 0 Å². The van der Waals surface area contributed by atoms with E-state index in [0.717, 1.165) is 11.3 Å². The van der Waals surface area contributed by atoms with Crippen molar-refractivity contribution in [2.75, 3.05) is 13.7 Å². The number of aliphatic hydroxyl groups is 4. The number of rotatable bonds is 4. The number of carbonyl (C=O) groups excluding carboxylic acids is 5. The van der Waals surface area contributed by atoms with E-state index in [1.165, 1.54) is 0 Å². The van der Waals surface area contributed by atoms with E-state index in [1.807, 2.05) is 39.0 Å². The first kappa shape index (κ1) is 50.3. The fourth-order valence-corrected chi connectivity index (χ4v) is 9.34. The largest absolute Gasteiger partial charge is 0.460 e. The van der Waals surface area contributed by atoms with E-state index in [1.54, 1.807) is 53.0 Å². The lowest BCUT2D eigenvalue weighted by Gasteiger charge is -2.41. The molecule has 1 aliphatic carbocycles. The summed E-state index contributed by atoms with van der Waals surface area (Å²) in [5, 5.41) is 44.2. The molecule has 3 heterocycles. The van der Waals surface area contributed by atoms with Crippen LogP contribution in [-0.4, -0.2) is 117 Å². The predicted octanol–water partition coefficient (Wildman–Crippen LogP) is 5.51. The van der Waals surface area contributed by atoms with Crippen molar-refractivity contribution in [3.05, 3.63) is 47.6 Å². The third kappa shape index (κ3) is 13.6. The second kappa shape index (κ2) is 22.9. The van der Waals surface area contributed by atoms with Gasteiger partial charge in [-0.1, -0.05) is 71.1 Å². The highest BCUT2D eigenvalue weighted by Gasteiger charge is 2.53. The minimum absolute atomic E-state index is 0.0628. The molecule has 1 amide bonds. The molecule has 4 rings (SSSR count). The highest BCUT2D eigenvalue weighted by atomic mass is 16.6. The molecule has 4 N–H and O–H groups in total. The van der Waals surface area contributed by atoms with Crippen molar-refractivity contribution >= 4 is 29.2 Å². The van der Waals surface area contributed by atoms with Gasteiger partial charge in [0.05, 0.1) is 30.5 Å². The average molecular weight is 856 g/mol. The van der Waals surface area contributed by atoms with E-state index in [9.17, 15) is 44.4 Å². The Morgan fingerprint density at radius 2 is 1.57 bits per heavy atom. The number of amides is 1. The molecular weight excluding hydrogens is 783 g/mol. The molecule has 2 bridgehead atoms. The number of ether oxygens (including phenoxy) is 3. The van der Waals surface area contributed by atoms with Crippen molar-refractivity contribution in [3.63, 3.8) is 0 Å². The molecule has 0 aromatic rings. The summed E-state index contributed by atoms with van der Waals surface area (Å²) in [5.41, 5.74) is 1.12. The van der Waals surface area contributed by atoms with Gasteiger partial charge in [-0.05, 0) is 101 Å². The zero-order valence-electron chi connectivity index (χ0n) is 37.7. The molecule has 13 nitrogen and oxygen atoms in total. The fourth-order valence-electron chi connectivity index (χ4n) is 9.34. The number of methoxy groups -OCH3 is 1. The van der Waals surface area contributed by atoms with Gasteiger partial charge in [0, 0.05) is 50.7 Å². The summed E-state index contributed by atoms with van der Waals surface area (Å²) < 4.78 is 17.7. The molecule has 0 spiro atoms. The average Bonchev–Trinajstić information content (AvgIpc) is 3.71. The Bertz CT molecular complexity index is 1670. The summed E-state index contributed by atoms with van der Waals surface area (Å²) in [6.45, 7) is 12.6. The molecule has 3 fully saturated rings. The van der Waals surface area contributed by atoms with Gasteiger partial charge >= 0.3 is 5.97 Å². The first-order chi connectivity index (χ1) is 28.7. The topological polar surface area (TPSA) is 197 Å². The maximum Gasteiger partial charge on any atom is 0.329 e. The number of carbonyl (C=O) groups is 5. The van der Waals surface area contributed by atoms with Gasteiger partial charge in [0.15, 0.2) is 0 Å². The third-order valence-corrected chi connectivity index (χ3v) is 13.7. The van der Waals surface area contributed by atoms with Gasteiger partial charge in [0.2, 0.25) is 5.79 Å². The Kier molecular flexibility index (Phi) is 18.8. The molecule has 342 valence electrons. The second-order valence-corrected chi connectivity index (χ2v) is 18.7. The first-order valence-corrected chi connectivity index (χ1v) is 22.5. The number of hydrogen-bond donors (Lipinski definition) is 4. The Morgan fingerprint density at radius 3 is 2.28 bits per heavy atom. The first-order valence-electron chi connectivity index (χ1n) is 22.5. The third-order valence-electron chi connectivity index (χ3n) is 13.7. The van der Waals surface area contributed by atoms with Crippen molar-refractivity contribution < 1.29 is 58.6 Å². The van der Waals surface area contributed by atoms with Crippen LogP contribution in [0.2, 0.25) is 0 Å². The Morgan fingerprint density at radius 1 is 0.852 bits per heavy atom. The van der Waals surface area contributed by atoms with Gasteiger partial charge < -0.3 is 39.5 Å². The van der Waals surface area contributed by atoms with E-state index >= 15 is 0 Å². The van der Waals surface area contributed by atoms with Crippen molar-refractivity contribution in [1.82, 2.24) is 4.90 Å². The molecule has 61 heavy (non-hydrogen) atoms. The molecule has 3 aliphatic heterocycles. The molecule has 4 aliphatic rings. The van der Waals surface area contributed by atoms with E-state index < -0.39 is 71.8 Å². The van der Waals surface area contributed by atoms with Gasteiger partial charge in [-0.2, -0.15) is 0 Å². The Hall–Kier alpha value is -3.33. The summed E-state index contributed by atoms with van der Waals surface area (Å²) in [6.07, 6.45) is 10.6. The maximum absolute atomic E-state index is 14.1. The van der Waals surface area contributed by atoms with Crippen molar-refractivity contribution in [2.45, 2.75) is 174 Å². The lowest BCUT2D eigenvalue weighted by Crippen LogP contribution is -2.59. The number of aliphatic hydroxyl groups excluding tert-OH is 3. The van der Waals surface area contributed by atoms with Gasteiger partial charge in [0.1, 0.15) is 23.7 Å². The van der Waals surface area contributed by atoms with Crippen LogP contribution in [0, 0.1) is 35.5 Å². The lowest BCUT2D eigenvalue weighted by molar-refractivity contribution is -0.265. The summed E-state index contributed by atoms with van der Waals surface area (Å²) in [4.78, 5) is 70.2. The molecule has 0 aromatic heterocycles. The smallest absolute Gasteiger partial charge is 0.329 e. The summed E-state index contributed by atoms with van der Waals surface area (Å²) in [5.74, 6) is -7.65. The number of allylic oxidation sites excluding steroid dienone is 6. The monoisotopic (exact) mass is 856 g/mol. The number of cyclic esters (lactones) is 1. The van der Waals surface area contributed by atoms with E-state index in [-0.39, 0.29) is 73.6 Å². The van der Waals surface area contributed by atoms with Crippen LogP contribution >= 0.6 is 0 Å². The van der Waals surface area contributed by atoms with Crippen molar-refractivity contribution in [1.29, 1.82) is 0 Å². The van der Waals surface area contributed by atoms with E-state index in [0.29, 0.717) is 56.1 Å². The summed E-state index contributed by atoms with van der Waals surface area (Å²) in [6, 6.07) is -1.13. The predicted molar refractivity (Wildman–Crippen MR) is 230 cm³/mol. The maximum atomic E-state index is 14.1. The molecule has 0 radical (unpaired) electrons. The second-order valence-electron chi connectivity index (χ2n) is 18.7. The van der Waals surface area contributed by atoms with Gasteiger partial charge in [-0.25, -0.2) is 4.79 Å². The number of ketones is 3. The standard InChI is InChI=1S/C48H73NO12/c1-28-13-10-9-11-14-29(2)39(51)25-36-18-16-34(7)48(58,61-36)45(55)46(56)49-20-12-15-37(49)47(57)60-43(33(6)23-35-17-19-38(50)44(24-35)59-8)27-42(54)32(5)22-31(4)41(53)26-40(52)30(3)21-28/h9-11,13-14,22,28,30,32-39,41,43-44,50-51,53,58H,12,15-21,23-27H2,1-8H3/b11-9+,13-10-,29-14+,31-22-/t28-,30-,32-,33-,34-,35?,36+,37+,38+,39+,41+,43+,44+,48-/m1/s1. The highest BCUT2D eigenvalue weighted by Crippen LogP contribution is 2.37. The number of hydrogen-bond acceptors (Lipinski definition) is 12. The van der Waals surface area contributed by atoms with Crippen LogP contribution in [0.15, 0.2) is 47.6 Å². The number of esters is 1. The minimum atomic E-state index is -2.47. The lowest BCUT2D eigenvalue weighted by atomic mass is 9.78. The fraction of sp³-hybridized carbons (Fsp3) is 0.729. The molecule has 2 saturated heterocycles. The number of fused-ring (bicyclic) bond motifs is 3. The van der Waals surface area contributed by atoms with Gasteiger partial charge in [-0.3, -0.25) is 19.2 Å². The quantitative estimate of drug-likeness (QED) is 0.158. The number of nitrogens with zero attached hydrogens (tertiary/aromatic N) is 1. The normalized spacial score (nSPS) is 40.9. The molecule has 0 aromatic carbocycles. The van der Waals surface area contributed by atoms with Gasteiger partial charge in [-0.15, -0.1) is 0 Å². The zero-order valence-corrected chi connectivity index (χ0v) is 37.7. The summed E-state index contributed by atoms with van der Waals surface area (Å²) in [7, 11) is 1.56. The van der Waals surface area contributed by atoms with Crippen LogP contribution in [0.5, 0.6) is 0 Å². The van der Waals surface area contributed by atoms with Crippen molar-refractivity contribution in [2.24, 2.45) is 35.5 Å². The molecule has 1 saturated carbocycles. The number of Topliss-reactive ketones (excluding diaryl/α,β-unsaturated/α-hetero) is 3. The molecular formula is C48H73NO12. The Balaban J connectivity index is 1.63. The van der Waals surface area contributed by atoms with Crippen LogP contribution in [-0.2, 0) is 38.2 Å². The molecule has 14 atom stereocenters. The minimum Gasteiger partial charge on any atom is -0.460 e. The molecule has 13 heteroatoms. The zero-order chi connectivity index (χ0) is 45.2. The molecule has 1 unspecified atom stereocenters. The van der Waals surface area contributed by atoms with E-state index in [4.69, 9.17) is 14.2 Å². The van der Waals surface area contributed by atoms with Crippen LogP contribution < -0.4 is 0 Å². The van der Waals surface area contributed by atoms with Gasteiger partial charge in [0.25, 0.3) is 11.7 Å². The van der Waals surface area contributed by atoms with Crippen LogP contribution in [0.1, 0.15) is 126 Å². The van der Waals surface area contributed by atoms with E-state index in [2.05, 4.69) is 0 Å². The van der Waals surface area contributed by atoms with Crippen LogP contribution in [0.25, 0.3) is 0 Å². The SMILES string of the molecule is CO[C@H]1CC(C[C@@H](C)[C@@H]2CC(=O)[C@H](C)/C=C(/C)[C@@H](O)CC(=O)[C@H](C)C[C@H](C)\C=C/C=C/C=C(\C)[C@@H](O)C[C@@H]3CC[C@@H](C)[C@@](O)(O3)C(=O)C(=O)N3CCC[C@H]3C(=O)O2)CC[C@@H]1O. The summed E-state index contributed by atoms with van der Waals surface area (Å²) >= 11 is 0. The van der Waals surface area contributed by atoms with Crippen LogP contribution in [0.3, 0.4) is 0 Å². The van der Waals surface area contributed by atoms with Crippen LogP contribution in [0.4, 0.5) is 0 Å². The highest BCUT2D eigenvalue weighted by molar-refractivity contribution is 6.39.